The number of aromatic nitrogens is 2. The fraction of sp³-hybridized carbons (Fsp3) is 0.667. The summed E-state index contributed by atoms with van der Waals surface area (Å²) >= 11 is 0. The van der Waals surface area contributed by atoms with E-state index in [1.54, 1.807) is 13.8 Å². The summed E-state index contributed by atoms with van der Waals surface area (Å²) in [5.74, 6) is 0.0493. The minimum absolute atomic E-state index is 0.0736. The minimum atomic E-state index is -0.721. The molecule has 1 rings (SSSR count). The van der Waals surface area contributed by atoms with E-state index in [1.807, 2.05) is 20.8 Å². The van der Waals surface area contributed by atoms with Crippen LogP contribution in [0.5, 0.6) is 5.88 Å². The van der Waals surface area contributed by atoms with E-state index in [0.29, 0.717) is 18.0 Å². The zero-order valence-electron chi connectivity index (χ0n) is 11.0. The van der Waals surface area contributed by atoms with Gasteiger partial charge in [-0.15, -0.1) is 0 Å². The summed E-state index contributed by atoms with van der Waals surface area (Å²) in [7, 11) is 0. The Morgan fingerprint density at radius 3 is 2.47 bits per heavy atom. The first-order chi connectivity index (χ1) is 7.79. The first-order valence-corrected chi connectivity index (χ1v) is 5.77. The van der Waals surface area contributed by atoms with Crippen molar-refractivity contribution in [1.82, 2.24) is 9.97 Å². The van der Waals surface area contributed by atoms with E-state index in [2.05, 4.69) is 9.97 Å². The van der Waals surface area contributed by atoms with Crippen LogP contribution >= 0.6 is 0 Å². The highest BCUT2D eigenvalue weighted by Crippen LogP contribution is 2.24. The Bertz CT molecular complexity index is 450. The molecule has 0 fully saturated rings. The topological polar surface area (TPSA) is 75.2 Å². The van der Waals surface area contributed by atoms with E-state index in [9.17, 15) is 9.90 Å². The van der Waals surface area contributed by atoms with Gasteiger partial charge >= 0.3 is 0 Å². The van der Waals surface area contributed by atoms with Gasteiger partial charge in [0, 0.05) is 6.61 Å². The zero-order valence-corrected chi connectivity index (χ0v) is 11.0. The number of ether oxygens (including phenoxy) is 1. The molecular weight excluding hydrogens is 220 g/mol. The highest BCUT2D eigenvalue weighted by molar-refractivity contribution is 5.26. The van der Waals surface area contributed by atoms with Crippen LogP contribution in [0.15, 0.2) is 4.79 Å². The number of rotatable bonds is 4. The van der Waals surface area contributed by atoms with Gasteiger partial charge in [-0.05, 0) is 26.7 Å². The maximum atomic E-state index is 11.8. The molecule has 0 atom stereocenters. The summed E-state index contributed by atoms with van der Waals surface area (Å²) in [5.41, 5.74) is -0.725. The zero-order chi connectivity index (χ0) is 13.2. The van der Waals surface area contributed by atoms with Crippen LogP contribution in [0, 0.1) is 0 Å². The lowest BCUT2D eigenvalue weighted by Gasteiger charge is -2.23. The maximum Gasteiger partial charge on any atom is 0.258 e. The molecule has 1 aromatic heterocycles. The van der Waals surface area contributed by atoms with Crippen LogP contribution in [0.1, 0.15) is 51.9 Å². The summed E-state index contributed by atoms with van der Waals surface area (Å²) in [4.78, 5) is 18.5. The molecule has 0 unspecified atom stereocenters. The molecule has 2 N–H and O–H groups in total. The summed E-state index contributed by atoms with van der Waals surface area (Å²) in [5, 5.41) is 9.79. The van der Waals surface area contributed by atoms with Crippen molar-refractivity contribution in [2.24, 2.45) is 0 Å². The van der Waals surface area contributed by atoms with Gasteiger partial charge in [0.25, 0.3) is 5.56 Å². The molecule has 0 spiro atoms. The molecule has 0 aliphatic carbocycles. The number of aromatic hydroxyl groups is 1. The molecule has 0 aliphatic heterocycles. The predicted molar refractivity (Wildman–Crippen MR) is 65.3 cm³/mol. The maximum absolute atomic E-state index is 11.8. The third-order valence-electron chi connectivity index (χ3n) is 2.59. The first-order valence-electron chi connectivity index (χ1n) is 5.77. The Morgan fingerprint density at radius 1 is 1.47 bits per heavy atom. The fourth-order valence-electron chi connectivity index (χ4n) is 1.71. The number of hydrogen-bond acceptors (Lipinski definition) is 4. The van der Waals surface area contributed by atoms with Gasteiger partial charge in [0.2, 0.25) is 5.88 Å². The Balaban J connectivity index is 3.28. The summed E-state index contributed by atoms with van der Waals surface area (Å²) in [6.45, 7) is 9.62. The smallest absolute Gasteiger partial charge is 0.258 e. The van der Waals surface area contributed by atoms with E-state index in [-0.39, 0.29) is 17.4 Å². The standard InChI is InChI=1S/C12H20N2O3/c1-6-17-12(4,5)11-13-9(15)8(7(2)3)10(16)14-11/h7H,6H2,1-5H3,(H2,13,14,15,16). The van der Waals surface area contributed by atoms with Crippen molar-refractivity contribution in [2.45, 2.75) is 46.1 Å². The monoisotopic (exact) mass is 240 g/mol. The molecule has 0 bridgehead atoms. The number of aromatic amines is 1. The lowest BCUT2D eigenvalue weighted by molar-refractivity contribution is -0.0214. The lowest BCUT2D eigenvalue weighted by Crippen LogP contribution is -2.29. The largest absolute Gasteiger partial charge is 0.493 e. The summed E-state index contributed by atoms with van der Waals surface area (Å²) in [6.07, 6.45) is 0. The average molecular weight is 240 g/mol. The molecule has 96 valence electrons. The van der Waals surface area contributed by atoms with Gasteiger partial charge in [0.05, 0.1) is 5.56 Å². The second-order valence-electron chi connectivity index (χ2n) is 4.75. The third-order valence-corrected chi connectivity index (χ3v) is 2.59. The first kappa shape index (κ1) is 13.7. The SMILES string of the molecule is CCOC(C)(C)c1nc(O)c(C(C)C)c(=O)[nH]1. The molecule has 17 heavy (non-hydrogen) atoms. The second kappa shape index (κ2) is 4.87. The molecule has 0 aromatic carbocycles. The lowest BCUT2D eigenvalue weighted by atomic mass is 10.0. The Kier molecular flexibility index (Phi) is 3.93. The van der Waals surface area contributed by atoms with Crippen molar-refractivity contribution < 1.29 is 9.84 Å². The van der Waals surface area contributed by atoms with Crippen molar-refractivity contribution >= 4 is 0 Å². The minimum Gasteiger partial charge on any atom is -0.493 e. The van der Waals surface area contributed by atoms with Crippen LogP contribution < -0.4 is 5.56 Å². The molecule has 0 amide bonds. The number of nitrogens with one attached hydrogen (secondary N) is 1. The Morgan fingerprint density at radius 2 is 2.06 bits per heavy atom. The van der Waals surface area contributed by atoms with Crippen molar-refractivity contribution in [3.05, 3.63) is 21.7 Å². The molecule has 1 aromatic rings. The number of hydrogen-bond donors (Lipinski definition) is 2. The van der Waals surface area contributed by atoms with Crippen molar-refractivity contribution in [2.75, 3.05) is 6.61 Å². The highest BCUT2D eigenvalue weighted by atomic mass is 16.5. The van der Waals surface area contributed by atoms with Crippen LogP contribution in [0.3, 0.4) is 0 Å². The summed E-state index contributed by atoms with van der Waals surface area (Å²) in [6, 6.07) is 0. The van der Waals surface area contributed by atoms with Crippen LogP contribution in [-0.4, -0.2) is 21.7 Å². The van der Waals surface area contributed by atoms with Gasteiger partial charge in [0.15, 0.2) is 0 Å². The van der Waals surface area contributed by atoms with Gasteiger partial charge in [-0.2, -0.15) is 4.98 Å². The normalized spacial score (nSPS) is 12.1. The van der Waals surface area contributed by atoms with Crippen LogP contribution in [0.4, 0.5) is 0 Å². The molecule has 1 heterocycles. The van der Waals surface area contributed by atoms with Crippen molar-refractivity contribution in [3.8, 4) is 5.88 Å². The van der Waals surface area contributed by atoms with Crippen LogP contribution in [-0.2, 0) is 10.3 Å². The van der Waals surface area contributed by atoms with Gasteiger partial charge < -0.3 is 14.8 Å². The molecular formula is C12H20N2O3. The van der Waals surface area contributed by atoms with Gasteiger partial charge in [-0.3, -0.25) is 4.79 Å². The fourth-order valence-corrected chi connectivity index (χ4v) is 1.71. The van der Waals surface area contributed by atoms with E-state index >= 15 is 0 Å². The van der Waals surface area contributed by atoms with E-state index < -0.39 is 5.60 Å². The molecule has 0 saturated heterocycles. The number of H-pyrrole nitrogens is 1. The molecule has 5 heteroatoms. The molecule has 5 nitrogen and oxygen atoms in total. The van der Waals surface area contributed by atoms with Gasteiger partial charge in [0.1, 0.15) is 11.4 Å². The second-order valence-corrected chi connectivity index (χ2v) is 4.75. The number of nitrogens with zero attached hydrogens (tertiary/aromatic N) is 1. The summed E-state index contributed by atoms with van der Waals surface area (Å²) < 4.78 is 5.48. The van der Waals surface area contributed by atoms with E-state index in [4.69, 9.17) is 4.74 Å². The van der Waals surface area contributed by atoms with Crippen LogP contribution in [0.2, 0.25) is 0 Å². The van der Waals surface area contributed by atoms with E-state index in [1.165, 1.54) is 0 Å². The van der Waals surface area contributed by atoms with Crippen molar-refractivity contribution in [3.63, 3.8) is 0 Å². The van der Waals surface area contributed by atoms with Crippen molar-refractivity contribution in [1.29, 1.82) is 0 Å². The Hall–Kier alpha value is -1.36. The molecule has 0 saturated carbocycles. The van der Waals surface area contributed by atoms with Gasteiger partial charge in [-0.1, -0.05) is 13.8 Å². The average Bonchev–Trinajstić information content (AvgIpc) is 2.15. The molecule has 0 radical (unpaired) electrons. The quantitative estimate of drug-likeness (QED) is 0.842. The van der Waals surface area contributed by atoms with Gasteiger partial charge in [-0.25, -0.2) is 0 Å². The van der Waals surface area contributed by atoms with Crippen LogP contribution in [0.25, 0.3) is 0 Å². The third kappa shape index (κ3) is 2.85. The molecule has 0 aliphatic rings. The highest BCUT2D eigenvalue weighted by Gasteiger charge is 2.26. The van der Waals surface area contributed by atoms with E-state index in [0.717, 1.165) is 0 Å². The predicted octanol–water partition coefficient (Wildman–Crippen LogP) is 1.87. The Labute approximate surface area is 101 Å².